The van der Waals surface area contributed by atoms with E-state index in [4.69, 9.17) is 28.4 Å². The normalized spacial score (nSPS) is 33.4. The van der Waals surface area contributed by atoms with Crippen molar-refractivity contribution in [3.05, 3.63) is 31.5 Å². The monoisotopic (exact) mass is 717 g/mol. The SMILES string of the molecule is CCC(C(=O)OCC1CCC2OC2C1)n1c(=O)n(C(CC)C(=O)OCC2CCC3OC3C2)c(=O)n(C(CC)C(=O)OCC2CCC3OC3C2)c1=O. The molecule has 1 aromatic heterocycles. The second-order valence-corrected chi connectivity index (χ2v) is 15.3. The number of aromatic nitrogens is 3. The van der Waals surface area contributed by atoms with E-state index >= 15 is 0 Å². The predicted octanol–water partition coefficient (Wildman–Crippen LogP) is 2.36. The van der Waals surface area contributed by atoms with Crippen molar-refractivity contribution in [2.24, 2.45) is 17.8 Å². The van der Waals surface area contributed by atoms with Gasteiger partial charge in [0.05, 0.1) is 56.4 Å². The Kier molecular flexibility index (Phi) is 10.6. The van der Waals surface area contributed by atoms with Gasteiger partial charge in [-0.25, -0.2) is 42.5 Å². The van der Waals surface area contributed by atoms with Gasteiger partial charge in [-0.3, -0.25) is 0 Å². The number of fused-ring (bicyclic) bond motifs is 3. The van der Waals surface area contributed by atoms with Crippen LogP contribution in [-0.2, 0) is 42.8 Å². The fourth-order valence-corrected chi connectivity index (χ4v) is 8.56. The molecule has 0 radical (unpaired) electrons. The number of ether oxygens (including phenoxy) is 6. The topological polar surface area (TPSA) is 182 Å². The minimum Gasteiger partial charge on any atom is -0.464 e. The number of carbonyl (C=O) groups excluding carboxylic acids is 3. The number of hydrogen-bond donors (Lipinski definition) is 0. The fraction of sp³-hybridized carbons (Fsp3) is 0.833. The quantitative estimate of drug-likeness (QED) is 0.147. The molecule has 12 unspecified atom stereocenters. The van der Waals surface area contributed by atoms with E-state index in [2.05, 4.69) is 0 Å². The minimum atomic E-state index is -1.42. The van der Waals surface area contributed by atoms with Crippen LogP contribution in [0, 0.1) is 17.8 Å². The van der Waals surface area contributed by atoms with Crippen LogP contribution in [-0.4, -0.2) is 88.1 Å². The van der Waals surface area contributed by atoms with Crippen molar-refractivity contribution < 1.29 is 42.8 Å². The Bertz CT molecular complexity index is 1450. The maximum atomic E-state index is 14.3. The van der Waals surface area contributed by atoms with Crippen molar-refractivity contribution in [1.29, 1.82) is 0 Å². The highest BCUT2D eigenvalue weighted by molar-refractivity contribution is 5.75. The maximum absolute atomic E-state index is 14.3. The smallest absolute Gasteiger partial charge is 0.337 e. The lowest BCUT2D eigenvalue weighted by Gasteiger charge is -2.26. The molecule has 1 aromatic rings. The lowest BCUT2D eigenvalue weighted by molar-refractivity contribution is -0.149. The summed E-state index contributed by atoms with van der Waals surface area (Å²) in [6.45, 7) is 5.15. The van der Waals surface area contributed by atoms with Crippen LogP contribution in [0.2, 0.25) is 0 Å². The Morgan fingerprint density at radius 3 is 1.02 bits per heavy atom. The van der Waals surface area contributed by atoms with Crippen LogP contribution in [0.25, 0.3) is 0 Å². The van der Waals surface area contributed by atoms with Gasteiger partial charge < -0.3 is 28.4 Å². The molecule has 0 N–H and O–H groups in total. The van der Waals surface area contributed by atoms with Gasteiger partial charge in [0.2, 0.25) is 0 Å². The zero-order valence-electron chi connectivity index (χ0n) is 29.8. The molecule has 0 bridgehead atoms. The molecule has 0 aromatic carbocycles. The third-order valence-corrected chi connectivity index (χ3v) is 11.9. The molecular weight excluding hydrogens is 666 g/mol. The van der Waals surface area contributed by atoms with Crippen molar-refractivity contribution >= 4 is 17.9 Å². The number of hydrogen-bond acceptors (Lipinski definition) is 12. The van der Waals surface area contributed by atoms with Crippen LogP contribution in [0.3, 0.4) is 0 Å². The molecule has 51 heavy (non-hydrogen) atoms. The maximum Gasteiger partial charge on any atom is 0.337 e. The third-order valence-electron chi connectivity index (χ3n) is 11.9. The molecule has 6 aliphatic rings. The Hall–Kier alpha value is -3.30. The molecule has 15 heteroatoms. The summed E-state index contributed by atoms with van der Waals surface area (Å²) in [4.78, 5) is 83.7. The van der Waals surface area contributed by atoms with Crippen molar-refractivity contribution in [3.8, 4) is 0 Å². The summed E-state index contributed by atoms with van der Waals surface area (Å²) >= 11 is 0. The lowest BCUT2D eigenvalue weighted by atomic mass is 9.90. The van der Waals surface area contributed by atoms with Crippen LogP contribution in [0.4, 0.5) is 0 Å². The summed E-state index contributed by atoms with van der Waals surface area (Å²) in [7, 11) is 0. The molecule has 3 saturated carbocycles. The Morgan fingerprint density at radius 1 is 0.510 bits per heavy atom. The van der Waals surface area contributed by atoms with E-state index in [1.165, 1.54) is 0 Å². The molecule has 12 atom stereocenters. The Labute approximate surface area is 295 Å². The van der Waals surface area contributed by atoms with E-state index < -0.39 is 53.1 Å². The molecule has 0 spiro atoms. The summed E-state index contributed by atoms with van der Waals surface area (Å²) in [6, 6.07) is -4.25. The van der Waals surface area contributed by atoms with E-state index in [9.17, 15) is 28.8 Å². The third kappa shape index (κ3) is 7.61. The predicted molar refractivity (Wildman–Crippen MR) is 178 cm³/mol. The molecule has 6 fully saturated rings. The van der Waals surface area contributed by atoms with Gasteiger partial charge in [-0.2, -0.15) is 0 Å². The first-order valence-electron chi connectivity index (χ1n) is 19.1. The van der Waals surface area contributed by atoms with Gasteiger partial charge in [0.1, 0.15) is 18.1 Å². The van der Waals surface area contributed by atoms with Gasteiger partial charge in [-0.1, -0.05) is 20.8 Å². The molecule has 282 valence electrons. The van der Waals surface area contributed by atoms with Crippen LogP contribution in [0.1, 0.15) is 116 Å². The first-order valence-corrected chi connectivity index (χ1v) is 19.1. The van der Waals surface area contributed by atoms with Gasteiger partial charge in [-0.05, 0) is 94.8 Å². The highest BCUT2D eigenvalue weighted by Gasteiger charge is 2.46. The molecule has 0 amide bonds. The molecule has 3 saturated heterocycles. The van der Waals surface area contributed by atoms with E-state index in [0.717, 1.165) is 57.8 Å². The zero-order chi connectivity index (χ0) is 36.0. The number of esters is 3. The number of rotatable bonds is 15. The van der Waals surface area contributed by atoms with E-state index in [-0.39, 0.29) is 93.5 Å². The molecule has 3 aliphatic heterocycles. The first kappa shape index (κ1) is 36.1. The summed E-state index contributed by atoms with van der Waals surface area (Å²) in [5, 5.41) is 0. The average Bonchev–Trinajstić information content (AvgIpc) is 4.02. The van der Waals surface area contributed by atoms with Crippen LogP contribution < -0.4 is 17.1 Å². The van der Waals surface area contributed by atoms with Gasteiger partial charge in [0, 0.05) is 0 Å². The molecule has 7 rings (SSSR count). The average molecular weight is 718 g/mol. The summed E-state index contributed by atoms with van der Waals surface area (Å²) in [5.41, 5.74) is -3.42. The minimum absolute atomic E-state index is 0.0229. The van der Waals surface area contributed by atoms with Crippen LogP contribution >= 0.6 is 0 Å². The van der Waals surface area contributed by atoms with Gasteiger partial charge in [-0.15, -0.1) is 0 Å². The van der Waals surface area contributed by atoms with Crippen molar-refractivity contribution in [3.63, 3.8) is 0 Å². The number of nitrogens with zero attached hydrogens (tertiary/aromatic N) is 3. The van der Waals surface area contributed by atoms with Gasteiger partial charge in [0.15, 0.2) is 0 Å². The molecule has 3 aliphatic carbocycles. The number of carbonyl (C=O) groups is 3. The highest BCUT2D eigenvalue weighted by atomic mass is 16.6. The lowest BCUT2D eigenvalue weighted by Crippen LogP contribution is -2.59. The van der Waals surface area contributed by atoms with E-state index in [1.54, 1.807) is 20.8 Å². The highest BCUT2D eigenvalue weighted by Crippen LogP contribution is 2.41. The second kappa shape index (κ2) is 15.0. The van der Waals surface area contributed by atoms with Crippen molar-refractivity contribution in [2.45, 2.75) is 153 Å². The van der Waals surface area contributed by atoms with E-state index in [0.29, 0.717) is 13.7 Å². The van der Waals surface area contributed by atoms with Crippen LogP contribution in [0.5, 0.6) is 0 Å². The molecular formula is C36H51N3O12. The summed E-state index contributed by atoms with van der Waals surface area (Å²) < 4.78 is 35.8. The molecule has 15 nitrogen and oxygen atoms in total. The van der Waals surface area contributed by atoms with Crippen LogP contribution in [0.15, 0.2) is 14.4 Å². The molecule has 4 heterocycles. The Morgan fingerprint density at radius 2 is 0.784 bits per heavy atom. The largest absolute Gasteiger partial charge is 0.464 e. The number of epoxide rings is 3. The summed E-state index contributed by atoms with van der Waals surface area (Å²) in [6.07, 6.45) is 8.70. The Balaban J connectivity index is 1.17. The van der Waals surface area contributed by atoms with Crippen molar-refractivity contribution in [2.75, 3.05) is 19.8 Å². The van der Waals surface area contributed by atoms with E-state index in [1.807, 2.05) is 0 Å². The fourth-order valence-electron chi connectivity index (χ4n) is 8.56. The standard InChI is InChI=1S/C36H51N3O12/c1-4-22(31(40)46-16-19-7-10-25-28(13-19)49-25)37-34(43)38(23(5-2)32(41)47-17-20-8-11-26-29(14-20)50-26)36(45)39(35(37)44)24(6-3)33(42)48-18-21-9-12-27-30(15-21)51-27/h19-30H,4-18H2,1-3H3. The zero-order valence-corrected chi connectivity index (χ0v) is 29.8. The first-order chi connectivity index (χ1) is 24.6. The van der Waals surface area contributed by atoms with Crippen molar-refractivity contribution in [1.82, 2.24) is 13.7 Å². The summed E-state index contributed by atoms with van der Waals surface area (Å²) in [5.74, 6) is -2.18. The second-order valence-electron chi connectivity index (χ2n) is 15.3. The van der Waals surface area contributed by atoms with Gasteiger partial charge in [0.25, 0.3) is 0 Å². The van der Waals surface area contributed by atoms with Gasteiger partial charge >= 0.3 is 35.0 Å².